The molecule has 2 amide bonds. The van der Waals surface area contributed by atoms with Gasteiger partial charge < -0.3 is 15.5 Å². The van der Waals surface area contributed by atoms with E-state index < -0.39 is 11.7 Å². The molecule has 0 heterocycles. The van der Waals surface area contributed by atoms with Crippen LogP contribution in [0.1, 0.15) is 24.2 Å². The second-order valence-corrected chi connectivity index (χ2v) is 5.87. The molecule has 1 rings (SSSR count). The number of halogens is 1. The summed E-state index contributed by atoms with van der Waals surface area (Å²) in [5.41, 5.74) is 0.322. The molecule has 0 aliphatic rings. The highest BCUT2D eigenvalue weighted by Crippen LogP contribution is 2.03. The zero-order valence-electron chi connectivity index (χ0n) is 13.5. The number of benzene rings is 1. The predicted octanol–water partition coefficient (Wildman–Crippen LogP) is 1.26. The summed E-state index contributed by atoms with van der Waals surface area (Å²) >= 11 is 0. The van der Waals surface area contributed by atoms with Gasteiger partial charge in [-0.25, -0.2) is 4.39 Å². The minimum absolute atomic E-state index is 0.0187. The molecule has 0 spiro atoms. The average molecular weight is 309 g/mol. The van der Waals surface area contributed by atoms with Gasteiger partial charge in [0.1, 0.15) is 5.82 Å². The van der Waals surface area contributed by atoms with Gasteiger partial charge in [-0.3, -0.25) is 9.59 Å². The fraction of sp³-hybridized carbons (Fsp3) is 0.500. The highest BCUT2D eigenvalue weighted by Gasteiger charge is 2.17. The molecule has 0 aliphatic heterocycles. The van der Waals surface area contributed by atoms with Crippen molar-refractivity contribution in [2.24, 2.45) is 5.92 Å². The van der Waals surface area contributed by atoms with Gasteiger partial charge in [-0.1, -0.05) is 13.8 Å². The van der Waals surface area contributed by atoms with E-state index in [-0.39, 0.29) is 18.5 Å². The third-order valence-corrected chi connectivity index (χ3v) is 3.23. The Morgan fingerprint density at radius 2 is 1.77 bits per heavy atom. The molecule has 1 aromatic rings. The smallest absolute Gasteiger partial charge is 0.251 e. The highest BCUT2D eigenvalue weighted by molar-refractivity contribution is 5.96. The number of carbonyl (C=O) groups excluding carboxylic acids is 2. The standard InChI is InChI=1S/C16H24FN3O2/c1-11(2)14(10-20(3)4)19-15(21)9-18-16(22)12-5-7-13(17)8-6-12/h5-8,11,14H,9-10H2,1-4H3,(H,18,22)(H,19,21). The van der Waals surface area contributed by atoms with Gasteiger partial charge in [-0.2, -0.15) is 0 Å². The van der Waals surface area contributed by atoms with Crippen LogP contribution in [0.25, 0.3) is 0 Å². The van der Waals surface area contributed by atoms with Crippen LogP contribution in [0.4, 0.5) is 4.39 Å². The van der Waals surface area contributed by atoms with Crippen LogP contribution >= 0.6 is 0 Å². The summed E-state index contributed by atoms with van der Waals surface area (Å²) in [5, 5.41) is 5.44. The second-order valence-electron chi connectivity index (χ2n) is 5.87. The minimum atomic E-state index is -0.405. The lowest BCUT2D eigenvalue weighted by Crippen LogP contribution is -2.48. The summed E-state index contributed by atoms with van der Waals surface area (Å²) in [6, 6.07) is 5.20. The largest absolute Gasteiger partial charge is 0.350 e. The quantitative estimate of drug-likeness (QED) is 0.797. The molecule has 1 atom stereocenters. The van der Waals surface area contributed by atoms with Crippen molar-refractivity contribution in [2.75, 3.05) is 27.2 Å². The summed E-state index contributed by atoms with van der Waals surface area (Å²) in [7, 11) is 3.88. The van der Waals surface area contributed by atoms with E-state index in [1.807, 2.05) is 32.8 Å². The Balaban J connectivity index is 2.47. The molecule has 0 fully saturated rings. The molecule has 0 bridgehead atoms. The first-order chi connectivity index (χ1) is 10.3. The molecule has 6 heteroatoms. The lowest BCUT2D eigenvalue weighted by Gasteiger charge is -2.25. The Morgan fingerprint density at radius 3 is 2.27 bits per heavy atom. The highest BCUT2D eigenvalue weighted by atomic mass is 19.1. The van der Waals surface area contributed by atoms with Gasteiger partial charge in [-0.15, -0.1) is 0 Å². The molecule has 0 radical (unpaired) electrons. The SMILES string of the molecule is CC(C)C(CN(C)C)NC(=O)CNC(=O)c1ccc(F)cc1. The third-order valence-electron chi connectivity index (χ3n) is 3.23. The van der Waals surface area contributed by atoms with Crippen LogP contribution in [0.5, 0.6) is 0 Å². The molecule has 0 saturated carbocycles. The molecular formula is C16H24FN3O2. The number of nitrogens with one attached hydrogen (secondary N) is 2. The maximum Gasteiger partial charge on any atom is 0.251 e. The first kappa shape index (κ1) is 18.1. The van der Waals surface area contributed by atoms with Crippen molar-refractivity contribution in [1.29, 1.82) is 0 Å². The number of hydrogen-bond acceptors (Lipinski definition) is 3. The van der Waals surface area contributed by atoms with Gasteiger partial charge in [-0.05, 0) is 44.3 Å². The molecule has 2 N–H and O–H groups in total. The summed E-state index contributed by atoms with van der Waals surface area (Å²) in [6.07, 6.45) is 0. The number of amides is 2. The van der Waals surface area contributed by atoms with E-state index in [2.05, 4.69) is 10.6 Å². The third kappa shape index (κ3) is 6.22. The van der Waals surface area contributed by atoms with E-state index in [9.17, 15) is 14.0 Å². The van der Waals surface area contributed by atoms with Crippen LogP contribution in [0.3, 0.4) is 0 Å². The Bertz CT molecular complexity index is 501. The van der Waals surface area contributed by atoms with Gasteiger partial charge in [0.05, 0.1) is 6.54 Å². The Labute approximate surface area is 130 Å². The molecule has 1 aromatic carbocycles. The van der Waals surface area contributed by atoms with Crippen molar-refractivity contribution >= 4 is 11.8 Å². The van der Waals surface area contributed by atoms with Crippen LogP contribution in [-0.4, -0.2) is 49.9 Å². The molecule has 122 valence electrons. The number of likely N-dealkylation sites (N-methyl/N-ethyl adjacent to an activating group) is 1. The zero-order valence-corrected chi connectivity index (χ0v) is 13.5. The van der Waals surface area contributed by atoms with E-state index in [1.165, 1.54) is 24.3 Å². The first-order valence-electron chi connectivity index (χ1n) is 7.27. The van der Waals surface area contributed by atoms with Crippen molar-refractivity contribution in [2.45, 2.75) is 19.9 Å². The number of rotatable bonds is 7. The van der Waals surface area contributed by atoms with E-state index in [1.54, 1.807) is 0 Å². The Hall–Kier alpha value is -1.95. The van der Waals surface area contributed by atoms with Crippen LogP contribution in [0.15, 0.2) is 24.3 Å². The van der Waals surface area contributed by atoms with Crippen molar-refractivity contribution in [1.82, 2.24) is 15.5 Å². The molecule has 0 saturated heterocycles. The van der Waals surface area contributed by atoms with E-state index in [0.717, 1.165) is 6.54 Å². The van der Waals surface area contributed by atoms with Crippen molar-refractivity contribution < 1.29 is 14.0 Å². The fourth-order valence-electron chi connectivity index (χ4n) is 1.94. The lowest BCUT2D eigenvalue weighted by molar-refractivity contribution is -0.121. The summed E-state index contributed by atoms with van der Waals surface area (Å²) < 4.78 is 12.8. The van der Waals surface area contributed by atoms with Gasteiger partial charge in [0.15, 0.2) is 0 Å². The molecule has 5 nitrogen and oxygen atoms in total. The average Bonchev–Trinajstić information content (AvgIpc) is 2.44. The van der Waals surface area contributed by atoms with E-state index in [0.29, 0.717) is 11.5 Å². The van der Waals surface area contributed by atoms with Crippen LogP contribution < -0.4 is 10.6 Å². The number of hydrogen-bond donors (Lipinski definition) is 2. The summed E-state index contributed by atoms with van der Waals surface area (Å²) in [4.78, 5) is 25.8. The minimum Gasteiger partial charge on any atom is -0.350 e. The first-order valence-corrected chi connectivity index (χ1v) is 7.27. The number of carbonyl (C=O) groups is 2. The van der Waals surface area contributed by atoms with Crippen LogP contribution in [0.2, 0.25) is 0 Å². The molecule has 1 unspecified atom stereocenters. The van der Waals surface area contributed by atoms with Crippen molar-refractivity contribution in [3.05, 3.63) is 35.6 Å². The molecule has 0 aromatic heterocycles. The lowest BCUT2D eigenvalue weighted by atomic mass is 10.0. The van der Waals surface area contributed by atoms with Crippen LogP contribution in [-0.2, 0) is 4.79 Å². The fourth-order valence-corrected chi connectivity index (χ4v) is 1.94. The molecule has 0 aliphatic carbocycles. The maximum absolute atomic E-state index is 12.8. The Morgan fingerprint density at radius 1 is 1.18 bits per heavy atom. The predicted molar refractivity (Wildman–Crippen MR) is 84.1 cm³/mol. The summed E-state index contributed by atoms with van der Waals surface area (Å²) in [6.45, 7) is 4.69. The van der Waals surface area contributed by atoms with Gasteiger partial charge in [0, 0.05) is 18.2 Å². The van der Waals surface area contributed by atoms with Crippen LogP contribution in [0, 0.1) is 11.7 Å². The summed E-state index contributed by atoms with van der Waals surface area (Å²) in [5.74, 6) is -0.753. The Kier molecular flexibility index (Phi) is 6.98. The van der Waals surface area contributed by atoms with Gasteiger partial charge >= 0.3 is 0 Å². The number of nitrogens with zero attached hydrogens (tertiary/aromatic N) is 1. The molecular weight excluding hydrogens is 285 g/mol. The van der Waals surface area contributed by atoms with E-state index in [4.69, 9.17) is 0 Å². The topological polar surface area (TPSA) is 61.4 Å². The zero-order chi connectivity index (χ0) is 16.7. The normalized spacial score (nSPS) is 12.3. The molecule has 22 heavy (non-hydrogen) atoms. The monoisotopic (exact) mass is 309 g/mol. The second kappa shape index (κ2) is 8.48. The maximum atomic E-state index is 12.8. The van der Waals surface area contributed by atoms with E-state index >= 15 is 0 Å². The van der Waals surface area contributed by atoms with Gasteiger partial charge in [0.25, 0.3) is 5.91 Å². The van der Waals surface area contributed by atoms with Crippen molar-refractivity contribution in [3.63, 3.8) is 0 Å². The van der Waals surface area contributed by atoms with Crippen molar-refractivity contribution in [3.8, 4) is 0 Å². The van der Waals surface area contributed by atoms with Gasteiger partial charge in [0.2, 0.25) is 5.91 Å².